The zero-order chi connectivity index (χ0) is 12.1. The summed E-state index contributed by atoms with van der Waals surface area (Å²) in [6.45, 7) is 3.07. The van der Waals surface area contributed by atoms with E-state index in [1.165, 1.54) is 7.11 Å². The molecule has 0 radical (unpaired) electrons. The molecule has 0 saturated carbocycles. The Morgan fingerprint density at radius 1 is 1.56 bits per heavy atom. The molecule has 92 valence electrons. The Bertz CT molecular complexity index is 262. The number of carbonyl (C=O) groups excluding carboxylic acids is 2. The number of esters is 1. The summed E-state index contributed by atoms with van der Waals surface area (Å²) in [5.41, 5.74) is 0. The minimum absolute atomic E-state index is 0.0632. The van der Waals surface area contributed by atoms with E-state index >= 15 is 0 Å². The molecular formula is C11H20N2O3. The van der Waals surface area contributed by atoms with Crippen LogP contribution in [-0.2, 0) is 14.3 Å². The number of hydrogen-bond acceptors (Lipinski definition) is 4. The highest BCUT2D eigenvalue weighted by Crippen LogP contribution is 2.09. The molecule has 1 rings (SSSR count). The maximum absolute atomic E-state index is 11.9. The minimum Gasteiger partial charge on any atom is -0.469 e. The number of likely N-dealkylation sites (N-methyl/N-ethyl adjacent to an activating group) is 1. The molecule has 1 fully saturated rings. The van der Waals surface area contributed by atoms with Crippen molar-refractivity contribution < 1.29 is 14.3 Å². The Morgan fingerprint density at radius 2 is 2.25 bits per heavy atom. The molecule has 1 aliphatic heterocycles. The lowest BCUT2D eigenvalue weighted by Crippen LogP contribution is -2.44. The molecule has 1 amide bonds. The van der Waals surface area contributed by atoms with E-state index < -0.39 is 0 Å². The summed E-state index contributed by atoms with van der Waals surface area (Å²) in [6.07, 6.45) is 1.92. The second-order valence-electron chi connectivity index (χ2n) is 4.29. The number of amides is 1. The van der Waals surface area contributed by atoms with Crippen LogP contribution in [0.15, 0.2) is 0 Å². The Labute approximate surface area is 96.1 Å². The van der Waals surface area contributed by atoms with Gasteiger partial charge in [-0.05, 0) is 19.4 Å². The van der Waals surface area contributed by atoms with Crippen molar-refractivity contribution in [2.75, 3.05) is 27.2 Å². The first-order valence-corrected chi connectivity index (χ1v) is 5.62. The molecule has 0 aromatic carbocycles. The summed E-state index contributed by atoms with van der Waals surface area (Å²) in [7, 11) is 3.08. The van der Waals surface area contributed by atoms with E-state index in [9.17, 15) is 9.59 Å². The minimum atomic E-state index is -0.279. The van der Waals surface area contributed by atoms with Crippen LogP contribution in [0.5, 0.6) is 0 Å². The van der Waals surface area contributed by atoms with Crippen molar-refractivity contribution in [3.8, 4) is 0 Å². The smallest absolute Gasteiger partial charge is 0.310 e. The van der Waals surface area contributed by atoms with Crippen molar-refractivity contribution in [3.63, 3.8) is 0 Å². The van der Waals surface area contributed by atoms with Gasteiger partial charge in [0.25, 0.3) is 0 Å². The molecule has 0 bridgehead atoms. The summed E-state index contributed by atoms with van der Waals surface area (Å²) in [5, 5.41) is 3.15. The van der Waals surface area contributed by atoms with Crippen LogP contribution in [0.2, 0.25) is 0 Å². The van der Waals surface area contributed by atoms with Gasteiger partial charge in [0, 0.05) is 13.6 Å². The van der Waals surface area contributed by atoms with E-state index in [0.29, 0.717) is 6.54 Å². The van der Waals surface area contributed by atoms with Crippen molar-refractivity contribution in [1.82, 2.24) is 10.2 Å². The van der Waals surface area contributed by atoms with Crippen LogP contribution in [0.25, 0.3) is 0 Å². The van der Waals surface area contributed by atoms with E-state index in [1.807, 2.05) is 0 Å². The SMILES string of the molecule is COC(=O)C(C)CN(C)C(=O)C1CCCN1. The molecule has 5 nitrogen and oxygen atoms in total. The van der Waals surface area contributed by atoms with Gasteiger partial charge >= 0.3 is 5.97 Å². The van der Waals surface area contributed by atoms with Crippen molar-refractivity contribution in [2.45, 2.75) is 25.8 Å². The highest BCUT2D eigenvalue weighted by atomic mass is 16.5. The first-order valence-electron chi connectivity index (χ1n) is 5.62. The first-order chi connectivity index (χ1) is 7.56. The van der Waals surface area contributed by atoms with Crippen LogP contribution in [0.4, 0.5) is 0 Å². The van der Waals surface area contributed by atoms with Gasteiger partial charge in [-0.2, -0.15) is 0 Å². The van der Waals surface area contributed by atoms with Gasteiger partial charge in [0.2, 0.25) is 5.91 Å². The van der Waals surface area contributed by atoms with Crippen LogP contribution in [0, 0.1) is 5.92 Å². The largest absolute Gasteiger partial charge is 0.469 e. The summed E-state index contributed by atoms with van der Waals surface area (Å²) >= 11 is 0. The van der Waals surface area contributed by atoms with Gasteiger partial charge in [0.05, 0.1) is 19.1 Å². The van der Waals surface area contributed by atoms with Gasteiger partial charge in [-0.1, -0.05) is 6.92 Å². The highest BCUT2D eigenvalue weighted by Gasteiger charge is 2.26. The summed E-state index contributed by atoms with van der Waals surface area (Å²) < 4.78 is 4.63. The third-order valence-corrected chi connectivity index (χ3v) is 2.89. The fourth-order valence-corrected chi connectivity index (χ4v) is 1.94. The Hall–Kier alpha value is -1.10. The molecule has 0 aromatic rings. The molecule has 1 heterocycles. The number of hydrogen-bond donors (Lipinski definition) is 1. The van der Waals surface area contributed by atoms with E-state index in [-0.39, 0.29) is 23.8 Å². The standard InChI is InChI=1S/C11H20N2O3/c1-8(11(15)16-3)7-13(2)10(14)9-5-4-6-12-9/h8-9,12H,4-7H2,1-3H3. The lowest BCUT2D eigenvalue weighted by Gasteiger charge is -2.23. The fraction of sp³-hybridized carbons (Fsp3) is 0.818. The number of rotatable bonds is 4. The van der Waals surface area contributed by atoms with Gasteiger partial charge < -0.3 is 15.0 Å². The Balaban J connectivity index is 2.41. The lowest BCUT2D eigenvalue weighted by atomic mass is 10.1. The second kappa shape index (κ2) is 5.84. The fourth-order valence-electron chi connectivity index (χ4n) is 1.94. The van der Waals surface area contributed by atoms with Crippen molar-refractivity contribution in [3.05, 3.63) is 0 Å². The monoisotopic (exact) mass is 228 g/mol. The van der Waals surface area contributed by atoms with Gasteiger partial charge in [-0.25, -0.2) is 0 Å². The normalized spacial score (nSPS) is 21.6. The first kappa shape index (κ1) is 13.0. The summed E-state index contributed by atoms with van der Waals surface area (Å²) in [6, 6.07) is -0.0742. The molecule has 1 saturated heterocycles. The zero-order valence-electron chi connectivity index (χ0n) is 10.2. The van der Waals surface area contributed by atoms with Crippen LogP contribution >= 0.6 is 0 Å². The second-order valence-corrected chi connectivity index (χ2v) is 4.29. The summed E-state index contributed by atoms with van der Waals surface area (Å²) in [5.74, 6) is -0.493. The molecule has 0 aromatic heterocycles. The van der Waals surface area contributed by atoms with Gasteiger partial charge in [-0.15, -0.1) is 0 Å². The number of nitrogens with one attached hydrogen (secondary N) is 1. The molecule has 0 spiro atoms. The molecule has 2 unspecified atom stereocenters. The average Bonchev–Trinajstić information content (AvgIpc) is 2.79. The third kappa shape index (κ3) is 3.20. The number of nitrogens with zero attached hydrogens (tertiary/aromatic N) is 1. The molecule has 1 aliphatic rings. The predicted octanol–water partition coefficient (Wildman–Crippen LogP) is 0.00590. The van der Waals surface area contributed by atoms with Gasteiger partial charge in [-0.3, -0.25) is 9.59 Å². The quantitative estimate of drug-likeness (QED) is 0.688. The van der Waals surface area contributed by atoms with Crippen LogP contribution < -0.4 is 5.32 Å². The lowest BCUT2D eigenvalue weighted by molar-refractivity contribution is -0.146. The van der Waals surface area contributed by atoms with Crippen molar-refractivity contribution >= 4 is 11.9 Å². The molecule has 2 atom stereocenters. The van der Waals surface area contributed by atoms with E-state index in [4.69, 9.17) is 0 Å². The number of carbonyl (C=O) groups is 2. The van der Waals surface area contributed by atoms with E-state index in [0.717, 1.165) is 19.4 Å². The van der Waals surface area contributed by atoms with E-state index in [1.54, 1.807) is 18.9 Å². The zero-order valence-corrected chi connectivity index (χ0v) is 10.2. The van der Waals surface area contributed by atoms with Crippen molar-refractivity contribution in [2.24, 2.45) is 5.92 Å². The van der Waals surface area contributed by atoms with Crippen LogP contribution in [0.3, 0.4) is 0 Å². The number of ether oxygens (including phenoxy) is 1. The molecular weight excluding hydrogens is 208 g/mol. The number of methoxy groups -OCH3 is 1. The van der Waals surface area contributed by atoms with Gasteiger partial charge in [0.1, 0.15) is 0 Å². The Kier molecular flexibility index (Phi) is 4.73. The molecule has 5 heteroatoms. The maximum Gasteiger partial charge on any atom is 0.310 e. The van der Waals surface area contributed by atoms with Crippen LogP contribution in [0.1, 0.15) is 19.8 Å². The van der Waals surface area contributed by atoms with Crippen molar-refractivity contribution in [1.29, 1.82) is 0 Å². The predicted molar refractivity (Wildman–Crippen MR) is 59.8 cm³/mol. The molecule has 0 aliphatic carbocycles. The maximum atomic E-state index is 11.9. The highest BCUT2D eigenvalue weighted by molar-refractivity contribution is 5.82. The molecule has 1 N–H and O–H groups in total. The summed E-state index contributed by atoms with van der Waals surface area (Å²) in [4.78, 5) is 24.7. The van der Waals surface area contributed by atoms with Crippen LogP contribution in [-0.4, -0.2) is 50.1 Å². The van der Waals surface area contributed by atoms with Gasteiger partial charge in [0.15, 0.2) is 0 Å². The molecule has 16 heavy (non-hydrogen) atoms. The van der Waals surface area contributed by atoms with E-state index in [2.05, 4.69) is 10.1 Å². The topological polar surface area (TPSA) is 58.6 Å². The average molecular weight is 228 g/mol. The Morgan fingerprint density at radius 3 is 2.75 bits per heavy atom. The third-order valence-electron chi connectivity index (χ3n) is 2.89.